The number of ether oxygens (including phenoxy) is 1. The number of nitrogens with one attached hydrogen (secondary N) is 1. The van der Waals surface area contributed by atoms with Crippen LogP contribution in [0.1, 0.15) is 58.8 Å². The average Bonchev–Trinajstić information content (AvgIpc) is 2.72. The van der Waals surface area contributed by atoms with Gasteiger partial charge < -0.3 is 15.8 Å². The fourth-order valence-corrected chi connectivity index (χ4v) is 2.40. The maximum atomic E-state index is 12.8. The van der Waals surface area contributed by atoms with Gasteiger partial charge in [-0.25, -0.2) is 15.0 Å². The van der Waals surface area contributed by atoms with Crippen LogP contribution in [-0.2, 0) is 16.1 Å². The highest BCUT2D eigenvalue weighted by atomic mass is 16.5. The molecule has 1 rings (SSSR count). The Morgan fingerprint density at radius 3 is 2.37 bits per heavy atom. The van der Waals surface area contributed by atoms with E-state index in [1.54, 1.807) is 30.8 Å². The highest BCUT2D eigenvalue weighted by molar-refractivity contribution is 6.20. The van der Waals surface area contributed by atoms with Crippen molar-refractivity contribution in [1.82, 2.24) is 15.3 Å². The minimum Gasteiger partial charge on any atom is -0.463 e. The first kappa shape index (κ1) is 24.8. The molecule has 0 aliphatic carbocycles. The maximum absolute atomic E-state index is 12.8. The fraction of sp³-hybridized carbons (Fsp3) is 0.391. The van der Waals surface area contributed by atoms with E-state index < -0.39 is 0 Å². The number of amides is 1. The van der Waals surface area contributed by atoms with Crippen LogP contribution in [-0.4, -0.2) is 21.7 Å². The van der Waals surface area contributed by atoms with E-state index in [0.717, 1.165) is 17.6 Å². The Morgan fingerprint density at radius 2 is 1.83 bits per heavy atom. The van der Waals surface area contributed by atoms with Crippen LogP contribution in [0, 0.1) is 6.92 Å². The predicted molar refractivity (Wildman–Crippen MR) is 121 cm³/mol. The fourth-order valence-electron chi connectivity index (χ4n) is 2.40. The summed E-state index contributed by atoms with van der Waals surface area (Å²) in [4.78, 5) is 25.7. The third-order valence-corrected chi connectivity index (χ3v) is 3.83. The molecule has 0 bridgehead atoms. The molecule has 0 aliphatic heterocycles. The second kappa shape index (κ2) is 13.1. The maximum Gasteiger partial charge on any atom is 0.255 e. The molecule has 7 heteroatoms. The molecule has 162 valence electrons. The first-order valence-corrected chi connectivity index (χ1v) is 10.1. The van der Waals surface area contributed by atoms with Crippen LogP contribution in [0.3, 0.4) is 0 Å². The zero-order valence-corrected chi connectivity index (χ0v) is 18.8. The number of hydrogen-bond acceptors (Lipinski definition) is 5. The minimum atomic E-state index is -0.328. The normalized spacial score (nSPS) is 12.8. The predicted octanol–water partition coefficient (Wildman–Crippen LogP) is 4.23. The first-order valence-electron chi connectivity index (χ1n) is 10.1. The average molecular weight is 412 g/mol. The van der Waals surface area contributed by atoms with Crippen LogP contribution >= 0.6 is 0 Å². The molecule has 0 atom stereocenters. The number of aryl methyl sites for hydroxylation is 1. The minimum absolute atomic E-state index is 0.126. The van der Waals surface area contributed by atoms with Crippen molar-refractivity contribution >= 4 is 11.7 Å². The van der Waals surface area contributed by atoms with Crippen molar-refractivity contribution < 1.29 is 9.53 Å². The largest absolute Gasteiger partial charge is 0.463 e. The van der Waals surface area contributed by atoms with Gasteiger partial charge in [-0.3, -0.25) is 4.79 Å². The molecule has 0 aromatic carbocycles. The topological polar surface area (TPSA) is 102 Å². The van der Waals surface area contributed by atoms with Gasteiger partial charge in [0.1, 0.15) is 23.1 Å². The Labute approximate surface area is 179 Å². The summed E-state index contributed by atoms with van der Waals surface area (Å²) in [7, 11) is 0. The number of carbonyl (C=O) groups excluding carboxylic acids is 1. The van der Waals surface area contributed by atoms with Crippen molar-refractivity contribution in [3.05, 3.63) is 70.9 Å². The monoisotopic (exact) mass is 411 g/mol. The number of allylic oxidation sites excluding steroid dienone is 4. The van der Waals surface area contributed by atoms with Crippen LogP contribution in [0.2, 0.25) is 0 Å². The second-order valence-corrected chi connectivity index (χ2v) is 6.79. The summed E-state index contributed by atoms with van der Waals surface area (Å²) in [6.45, 7) is 11.8. The van der Waals surface area contributed by atoms with Gasteiger partial charge in [0.15, 0.2) is 0 Å². The molecule has 1 aromatic rings. The van der Waals surface area contributed by atoms with Gasteiger partial charge in [0, 0.05) is 12.4 Å². The molecule has 3 N–H and O–H groups in total. The third kappa shape index (κ3) is 8.03. The summed E-state index contributed by atoms with van der Waals surface area (Å²) in [5.74, 6) is 0.924. The quantitative estimate of drug-likeness (QED) is 0.197. The van der Waals surface area contributed by atoms with E-state index in [-0.39, 0.29) is 18.3 Å². The summed E-state index contributed by atoms with van der Waals surface area (Å²) in [5, 5.41) is 2.81. The third-order valence-electron chi connectivity index (χ3n) is 3.83. The van der Waals surface area contributed by atoms with Gasteiger partial charge in [0.25, 0.3) is 5.91 Å². The molecule has 1 aromatic heterocycles. The molecule has 1 heterocycles. The van der Waals surface area contributed by atoms with Crippen molar-refractivity contribution in [2.45, 2.75) is 60.9 Å². The summed E-state index contributed by atoms with van der Waals surface area (Å²) in [6, 6.07) is 0. The SMILES string of the molecule is C/C=C\O/C(=C/CC)C(N=C(N)/C(=C/CC)C(=O)NCc1ncc(C)cn1)=C(C)C. The molecule has 7 nitrogen and oxygen atoms in total. The summed E-state index contributed by atoms with van der Waals surface area (Å²) < 4.78 is 5.69. The lowest BCUT2D eigenvalue weighted by Gasteiger charge is -2.13. The van der Waals surface area contributed by atoms with Crippen LogP contribution in [0.4, 0.5) is 0 Å². The van der Waals surface area contributed by atoms with Gasteiger partial charge in [0.05, 0.1) is 18.4 Å². The number of rotatable bonds is 10. The second-order valence-electron chi connectivity index (χ2n) is 6.79. The molecule has 0 spiro atoms. The van der Waals surface area contributed by atoms with E-state index in [4.69, 9.17) is 10.5 Å². The molecule has 0 fully saturated rings. The molecule has 30 heavy (non-hydrogen) atoms. The zero-order valence-electron chi connectivity index (χ0n) is 18.8. The smallest absolute Gasteiger partial charge is 0.255 e. The van der Waals surface area contributed by atoms with E-state index in [1.807, 2.05) is 47.6 Å². The van der Waals surface area contributed by atoms with Gasteiger partial charge >= 0.3 is 0 Å². The lowest BCUT2D eigenvalue weighted by molar-refractivity contribution is -0.117. The molecule has 0 saturated heterocycles. The van der Waals surface area contributed by atoms with E-state index >= 15 is 0 Å². The van der Waals surface area contributed by atoms with Crippen molar-refractivity contribution in [2.24, 2.45) is 10.7 Å². The van der Waals surface area contributed by atoms with E-state index in [0.29, 0.717) is 29.3 Å². The number of amidine groups is 1. The molecule has 1 amide bonds. The van der Waals surface area contributed by atoms with Gasteiger partial charge in [-0.2, -0.15) is 0 Å². The zero-order chi connectivity index (χ0) is 22.5. The summed E-state index contributed by atoms with van der Waals surface area (Å²) in [5.41, 5.74) is 9.04. The molecule has 0 saturated carbocycles. The Hall–Kier alpha value is -3.22. The van der Waals surface area contributed by atoms with Crippen LogP contribution in [0.15, 0.2) is 64.5 Å². The van der Waals surface area contributed by atoms with Crippen LogP contribution < -0.4 is 11.1 Å². The molecule has 0 aliphatic rings. The first-order chi connectivity index (χ1) is 14.3. The lowest BCUT2D eigenvalue weighted by atomic mass is 10.1. The molecule has 0 unspecified atom stereocenters. The van der Waals surface area contributed by atoms with Gasteiger partial charge in [0.2, 0.25) is 0 Å². The molecular formula is C23H33N5O2. The van der Waals surface area contributed by atoms with Crippen LogP contribution in [0.25, 0.3) is 0 Å². The summed E-state index contributed by atoms with van der Waals surface area (Å²) in [6.07, 6.45) is 11.9. The van der Waals surface area contributed by atoms with Gasteiger partial charge in [-0.05, 0) is 57.7 Å². The van der Waals surface area contributed by atoms with Crippen molar-refractivity contribution in [3.63, 3.8) is 0 Å². The number of aliphatic imine (C=N–C) groups is 1. The van der Waals surface area contributed by atoms with Gasteiger partial charge in [-0.1, -0.05) is 26.0 Å². The van der Waals surface area contributed by atoms with Crippen molar-refractivity contribution in [3.8, 4) is 0 Å². The number of nitrogens with zero attached hydrogens (tertiary/aromatic N) is 3. The lowest BCUT2D eigenvalue weighted by Crippen LogP contribution is -2.32. The van der Waals surface area contributed by atoms with E-state index in [1.165, 1.54) is 0 Å². The van der Waals surface area contributed by atoms with E-state index in [9.17, 15) is 4.79 Å². The highest BCUT2D eigenvalue weighted by Crippen LogP contribution is 2.20. The number of nitrogens with two attached hydrogens (primary N) is 1. The molecule has 0 radical (unpaired) electrons. The highest BCUT2D eigenvalue weighted by Gasteiger charge is 2.16. The number of aromatic nitrogens is 2. The number of carbonyl (C=O) groups is 1. The Morgan fingerprint density at radius 1 is 1.20 bits per heavy atom. The van der Waals surface area contributed by atoms with E-state index in [2.05, 4.69) is 20.3 Å². The number of hydrogen-bond donors (Lipinski definition) is 2. The van der Waals surface area contributed by atoms with Crippen molar-refractivity contribution in [2.75, 3.05) is 0 Å². The molecular weight excluding hydrogens is 378 g/mol. The van der Waals surface area contributed by atoms with Gasteiger partial charge in [-0.15, -0.1) is 0 Å². The standard InChI is InChI=1S/C23H33N5O2/c1-7-10-18(23(29)27-15-20-25-13-17(6)14-26-20)22(24)28-21(16(4)5)19(11-8-2)30-12-9-3/h9-14H,7-8,15H2,1-6H3,(H2,24,28)(H,27,29)/b12-9-,18-10-,19-11+. The van der Waals surface area contributed by atoms with Crippen molar-refractivity contribution in [1.29, 1.82) is 0 Å². The summed E-state index contributed by atoms with van der Waals surface area (Å²) >= 11 is 0. The Bertz CT molecular complexity index is 858. The Kier molecular flexibility index (Phi) is 10.8. The van der Waals surface area contributed by atoms with Crippen LogP contribution in [0.5, 0.6) is 0 Å². The Balaban J connectivity index is 3.13.